The molecule has 1 aromatic heterocycles. The minimum atomic E-state index is -1.41. The fraction of sp³-hybridized carbons (Fsp3) is 0.438. The van der Waals surface area contributed by atoms with E-state index in [0.29, 0.717) is 68.2 Å². The van der Waals surface area contributed by atoms with Crippen LogP contribution in [0.25, 0.3) is 10.9 Å². The quantitative estimate of drug-likeness (QED) is 0.239. The average molecular weight is 605 g/mol. The highest BCUT2D eigenvalue weighted by molar-refractivity contribution is 6.36. The van der Waals surface area contributed by atoms with Gasteiger partial charge in [-0.1, -0.05) is 56.1 Å². The Morgan fingerprint density at radius 3 is 2.57 bits per heavy atom. The predicted molar refractivity (Wildman–Crippen MR) is 169 cm³/mol. The van der Waals surface area contributed by atoms with Crippen molar-refractivity contribution in [1.29, 1.82) is 5.26 Å². The second kappa shape index (κ2) is 10.5. The van der Waals surface area contributed by atoms with E-state index < -0.39 is 6.02 Å². The van der Waals surface area contributed by atoms with E-state index in [4.69, 9.17) is 23.2 Å². The first-order chi connectivity index (χ1) is 20.5. The third-order valence-electron chi connectivity index (χ3n) is 8.66. The predicted octanol–water partition coefficient (Wildman–Crippen LogP) is 6.28. The van der Waals surface area contributed by atoms with Crippen molar-refractivity contribution in [3.63, 3.8) is 0 Å². The summed E-state index contributed by atoms with van der Waals surface area (Å²) in [6, 6.07) is 13.1. The van der Waals surface area contributed by atoms with E-state index in [1.807, 2.05) is 24.4 Å². The van der Waals surface area contributed by atoms with Crippen molar-refractivity contribution in [2.24, 2.45) is 17.3 Å². The van der Waals surface area contributed by atoms with Crippen LogP contribution in [-0.2, 0) is 0 Å². The molecule has 3 fully saturated rings. The summed E-state index contributed by atoms with van der Waals surface area (Å²) >= 11 is 13.0. The summed E-state index contributed by atoms with van der Waals surface area (Å²) in [4.78, 5) is 7.14. The van der Waals surface area contributed by atoms with Gasteiger partial charge < -0.3 is 16.1 Å². The van der Waals surface area contributed by atoms with E-state index >= 15 is 0 Å². The summed E-state index contributed by atoms with van der Waals surface area (Å²) in [6.07, 6.45) is 6.26. The van der Waals surface area contributed by atoms with Crippen LogP contribution in [0.1, 0.15) is 52.1 Å². The van der Waals surface area contributed by atoms with E-state index in [1.165, 1.54) is 12.8 Å². The SMILES string of the molecule is [2H]C(Nc1cc(Cl)c2ncc(C#N)c(NCC(C)(C)C)c2c1)(C1=CN(C2C3CN(C4CC4)CC32)NN1)c1ccc(Cl)cc1. The van der Waals surface area contributed by atoms with Gasteiger partial charge in [-0.15, -0.1) is 5.53 Å². The normalized spacial score (nSPS) is 25.2. The van der Waals surface area contributed by atoms with Gasteiger partial charge in [0.05, 0.1) is 40.9 Å². The fourth-order valence-corrected chi connectivity index (χ4v) is 6.70. The van der Waals surface area contributed by atoms with Crippen LogP contribution in [0.5, 0.6) is 0 Å². The number of likely N-dealkylation sites (tertiary alicyclic amines) is 1. The van der Waals surface area contributed by atoms with Crippen molar-refractivity contribution in [3.05, 3.63) is 75.7 Å². The molecule has 8 nitrogen and oxygen atoms in total. The second-order valence-corrected chi connectivity index (χ2v) is 14.0. The molecule has 10 heteroatoms. The number of piperidine rings is 1. The van der Waals surface area contributed by atoms with Gasteiger partial charge in [-0.05, 0) is 59.9 Å². The lowest BCUT2D eigenvalue weighted by molar-refractivity contribution is 0.194. The highest BCUT2D eigenvalue weighted by atomic mass is 35.5. The molecule has 3 atom stereocenters. The number of pyridine rings is 1. The highest BCUT2D eigenvalue weighted by Crippen LogP contribution is 2.51. The standard InChI is InChI=1S/C32H36Cl2N8/c1-32(2,3)17-37-28-19(12-35)13-36-30-23(28)10-21(11-26(30)34)38-29(18-4-6-20(33)7-5-18)27-16-42(40-39-27)31-24-14-41(15-25(24)31)22-8-9-22/h4-7,10-11,13,16,22,24-25,29,31,38-40H,8-9,14-15,17H2,1-3H3,(H,36,37)/i29D. The van der Waals surface area contributed by atoms with Gasteiger partial charge in [-0.2, -0.15) is 5.26 Å². The summed E-state index contributed by atoms with van der Waals surface area (Å²) in [5.41, 5.74) is 10.3. The Labute approximate surface area is 258 Å². The van der Waals surface area contributed by atoms with Crippen LogP contribution in [0.4, 0.5) is 11.4 Å². The van der Waals surface area contributed by atoms with Gasteiger partial charge in [0.1, 0.15) is 6.07 Å². The number of fused-ring (bicyclic) bond motifs is 2. The van der Waals surface area contributed by atoms with Crippen molar-refractivity contribution in [2.75, 3.05) is 30.3 Å². The van der Waals surface area contributed by atoms with Gasteiger partial charge in [0, 0.05) is 54.2 Å². The molecule has 218 valence electrons. The third kappa shape index (κ3) is 5.35. The van der Waals surface area contributed by atoms with Crippen molar-refractivity contribution >= 4 is 45.5 Å². The van der Waals surface area contributed by atoms with Crippen molar-refractivity contribution in [3.8, 4) is 6.07 Å². The zero-order valence-electron chi connectivity index (χ0n) is 25.0. The summed E-state index contributed by atoms with van der Waals surface area (Å²) < 4.78 is 9.86. The molecule has 7 rings (SSSR count). The number of nitrogens with zero attached hydrogens (tertiary/aromatic N) is 4. The second-order valence-electron chi connectivity index (χ2n) is 13.1. The first-order valence-corrected chi connectivity index (χ1v) is 15.4. The third-order valence-corrected chi connectivity index (χ3v) is 9.20. The molecule has 0 amide bonds. The number of hydrogen-bond acceptors (Lipinski definition) is 8. The molecule has 0 radical (unpaired) electrons. The Balaban J connectivity index is 1.23. The topological polar surface area (TPSA) is 91.3 Å². The molecule has 2 saturated carbocycles. The van der Waals surface area contributed by atoms with Crippen LogP contribution < -0.4 is 21.6 Å². The van der Waals surface area contributed by atoms with Crippen LogP contribution in [0.3, 0.4) is 0 Å². The van der Waals surface area contributed by atoms with Gasteiger partial charge in [0.2, 0.25) is 0 Å². The van der Waals surface area contributed by atoms with Gasteiger partial charge >= 0.3 is 0 Å². The van der Waals surface area contributed by atoms with E-state index in [1.54, 1.807) is 24.4 Å². The number of nitrogens with one attached hydrogen (secondary N) is 4. The first-order valence-electron chi connectivity index (χ1n) is 15.1. The number of aromatic nitrogens is 1. The molecule has 42 heavy (non-hydrogen) atoms. The Morgan fingerprint density at radius 1 is 1.17 bits per heavy atom. The van der Waals surface area contributed by atoms with Crippen LogP contribution >= 0.6 is 23.2 Å². The average Bonchev–Trinajstić information content (AvgIpc) is 3.82. The minimum Gasteiger partial charge on any atom is -0.383 e. The van der Waals surface area contributed by atoms with E-state index in [0.717, 1.165) is 24.5 Å². The Hall–Kier alpha value is -3.22. The van der Waals surface area contributed by atoms with Crippen LogP contribution in [0.2, 0.25) is 10.0 Å². The van der Waals surface area contributed by atoms with Gasteiger partial charge in [-0.25, -0.2) is 0 Å². The molecular formula is C32H36Cl2N8. The lowest BCUT2D eigenvalue weighted by Gasteiger charge is -2.23. The number of benzene rings is 2. The molecule has 2 aromatic carbocycles. The van der Waals surface area contributed by atoms with Crippen LogP contribution in [0.15, 0.2) is 54.5 Å². The maximum absolute atomic E-state index is 9.88. The number of anilines is 2. The summed E-state index contributed by atoms with van der Waals surface area (Å²) in [5.74, 6) is 1.29. The number of rotatable bonds is 8. The van der Waals surface area contributed by atoms with Gasteiger partial charge in [0.25, 0.3) is 0 Å². The fourth-order valence-electron chi connectivity index (χ4n) is 6.31. The van der Waals surface area contributed by atoms with Crippen LogP contribution in [0, 0.1) is 28.6 Å². The number of halogens is 2. The van der Waals surface area contributed by atoms with E-state index in [9.17, 15) is 6.63 Å². The molecular weight excluding hydrogens is 567 g/mol. The molecule has 3 unspecified atom stereocenters. The van der Waals surface area contributed by atoms with Crippen molar-refractivity contribution < 1.29 is 1.37 Å². The zero-order valence-corrected chi connectivity index (χ0v) is 25.5. The molecule has 3 heterocycles. The Kier molecular flexibility index (Phi) is 6.60. The molecule has 0 spiro atoms. The molecule has 0 bridgehead atoms. The Bertz CT molecular complexity index is 1630. The lowest BCUT2D eigenvalue weighted by atomic mass is 9.96. The molecule has 2 aliphatic heterocycles. The van der Waals surface area contributed by atoms with Crippen molar-refractivity contribution in [2.45, 2.75) is 51.7 Å². The molecule has 4 N–H and O–H groups in total. The molecule has 3 aromatic rings. The number of hydrogen-bond donors (Lipinski definition) is 4. The zero-order chi connectivity index (χ0) is 30.1. The molecule has 4 aliphatic rings. The maximum Gasteiger partial charge on any atom is 0.103 e. The smallest absolute Gasteiger partial charge is 0.103 e. The van der Waals surface area contributed by atoms with E-state index in [2.05, 4.69) is 63.3 Å². The lowest BCUT2D eigenvalue weighted by Crippen LogP contribution is -2.42. The minimum absolute atomic E-state index is 0.0113. The van der Waals surface area contributed by atoms with E-state index in [-0.39, 0.29) is 5.41 Å². The first kappa shape index (κ1) is 26.4. The monoisotopic (exact) mass is 603 g/mol. The molecule has 1 saturated heterocycles. The summed E-state index contributed by atoms with van der Waals surface area (Å²) in [5, 5.41) is 20.7. The largest absolute Gasteiger partial charge is 0.383 e. The van der Waals surface area contributed by atoms with Crippen LogP contribution in [-0.4, -0.2) is 46.6 Å². The van der Waals surface area contributed by atoms with Gasteiger partial charge in [-0.3, -0.25) is 14.9 Å². The van der Waals surface area contributed by atoms with Gasteiger partial charge in [0.15, 0.2) is 0 Å². The maximum atomic E-state index is 9.88. The Morgan fingerprint density at radius 2 is 1.90 bits per heavy atom. The highest BCUT2D eigenvalue weighted by Gasteiger charge is 2.60. The van der Waals surface area contributed by atoms with Crippen molar-refractivity contribution in [1.82, 2.24) is 25.9 Å². The molecule has 2 aliphatic carbocycles. The number of hydrazine groups is 2. The number of nitriles is 1. The summed E-state index contributed by atoms with van der Waals surface area (Å²) in [6.45, 7) is 9.36. The summed E-state index contributed by atoms with van der Waals surface area (Å²) in [7, 11) is 0.